The lowest BCUT2D eigenvalue weighted by Gasteiger charge is -2.26. The van der Waals surface area contributed by atoms with Crippen LogP contribution in [-0.2, 0) is 4.79 Å². The molecule has 2 aliphatic rings. The van der Waals surface area contributed by atoms with Crippen molar-refractivity contribution >= 4 is 17.4 Å². The van der Waals surface area contributed by atoms with Crippen molar-refractivity contribution in [3.63, 3.8) is 0 Å². The van der Waals surface area contributed by atoms with Crippen LogP contribution in [0.25, 0.3) is 0 Å². The molecule has 2 aliphatic heterocycles. The Hall–Kier alpha value is -2.04. The van der Waals surface area contributed by atoms with E-state index in [9.17, 15) is 26.7 Å². The highest BCUT2D eigenvalue weighted by molar-refractivity contribution is 6.01. The largest absolute Gasteiger partial charge is 0.401 e. The standard InChI is InChI=1S/C8H8F2N4O.C7H12F3N/c1-14-5-2-11-4-13-6(5)12-3-8(9,10)7(14)15;8-7(9,10)6-11-4-2-1-3-5-11/h2,4H,3H2,1H3,(H,11,12,13);1-6H2. The smallest absolute Gasteiger partial charge is 0.362 e. The van der Waals surface area contributed by atoms with Crippen LogP contribution in [0.2, 0.25) is 0 Å². The van der Waals surface area contributed by atoms with Gasteiger partial charge in [-0.25, -0.2) is 9.97 Å². The average molecular weight is 381 g/mol. The molecule has 146 valence electrons. The van der Waals surface area contributed by atoms with Crippen LogP contribution in [0, 0.1) is 0 Å². The van der Waals surface area contributed by atoms with Crippen molar-refractivity contribution in [3.8, 4) is 0 Å². The van der Waals surface area contributed by atoms with Crippen LogP contribution in [0.1, 0.15) is 19.3 Å². The number of amides is 1. The normalized spacial score (nSPS) is 20.4. The van der Waals surface area contributed by atoms with Gasteiger partial charge in [0.25, 0.3) is 5.91 Å². The Balaban J connectivity index is 0.000000197. The molecule has 1 saturated heterocycles. The molecule has 0 spiro atoms. The van der Waals surface area contributed by atoms with Crippen molar-refractivity contribution in [2.24, 2.45) is 0 Å². The van der Waals surface area contributed by atoms with E-state index in [0.29, 0.717) is 13.1 Å². The van der Waals surface area contributed by atoms with Crippen LogP contribution >= 0.6 is 0 Å². The lowest BCUT2D eigenvalue weighted by atomic mass is 10.1. The van der Waals surface area contributed by atoms with E-state index in [0.717, 1.165) is 24.2 Å². The van der Waals surface area contributed by atoms with Crippen LogP contribution in [-0.4, -0.2) is 66.1 Å². The number of carbonyl (C=O) groups is 1. The van der Waals surface area contributed by atoms with Crippen molar-refractivity contribution < 1.29 is 26.7 Å². The molecule has 0 saturated carbocycles. The van der Waals surface area contributed by atoms with E-state index in [2.05, 4.69) is 15.3 Å². The van der Waals surface area contributed by atoms with Gasteiger partial charge in [0.05, 0.1) is 19.3 Å². The zero-order chi connectivity index (χ0) is 19.4. The van der Waals surface area contributed by atoms with Crippen LogP contribution in [0.15, 0.2) is 12.5 Å². The third kappa shape index (κ3) is 5.48. The van der Waals surface area contributed by atoms with Gasteiger partial charge < -0.3 is 10.2 Å². The molecule has 0 unspecified atom stereocenters. The molecule has 3 rings (SSSR count). The molecule has 0 radical (unpaired) electrons. The van der Waals surface area contributed by atoms with Gasteiger partial charge in [-0.1, -0.05) is 6.42 Å². The Labute approximate surface area is 147 Å². The molecule has 1 fully saturated rings. The van der Waals surface area contributed by atoms with E-state index in [1.165, 1.54) is 24.5 Å². The van der Waals surface area contributed by atoms with Gasteiger partial charge in [0.15, 0.2) is 5.82 Å². The summed E-state index contributed by atoms with van der Waals surface area (Å²) in [5, 5.41) is 2.41. The Morgan fingerprint density at radius 1 is 1.23 bits per heavy atom. The van der Waals surface area contributed by atoms with Gasteiger partial charge in [0.1, 0.15) is 12.0 Å². The van der Waals surface area contributed by atoms with E-state index in [-0.39, 0.29) is 11.5 Å². The summed E-state index contributed by atoms with van der Waals surface area (Å²) in [6.07, 6.45) is 1.43. The number of likely N-dealkylation sites (tertiary alicyclic amines) is 1. The average Bonchev–Trinajstić information content (AvgIpc) is 2.66. The molecule has 1 N–H and O–H groups in total. The molecule has 1 aromatic heterocycles. The zero-order valence-electron chi connectivity index (χ0n) is 14.2. The maximum Gasteiger partial charge on any atom is 0.401 e. The van der Waals surface area contributed by atoms with Crippen molar-refractivity contribution in [3.05, 3.63) is 12.5 Å². The lowest BCUT2D eigenvalue weighted by Crippen LogP contribution is -2.43. The van der Waals surface area contributed by atoms with Crippen LogP contribution in [0.4, 0.5) is 33.5 Å². The van der Waals surface area contributed by atoms with Crippen LogP contribution in [0.5, 0.6) is 0 Å². The highest BCUT2D eigenvalue weighted by Gasteiger charge is 2.44. The van der Waals surface area contributed by atoms with Crippen LogP contribution < -0.4 is 10.2 Å². The Morgan fingerprint density at radius 2 is 1.88 bits per heavy atom. The third-order valence-corrected chi connectivity index (χ3v) is 4.00. The number of piperidine rings is 1. The first-order valence-corrected chi connectivity index (χ1v) is 8.09. The molecule has 0 aromatic carbocycles. The number of anilines is 2. The minimum Gasteiger partial charge on any atom is -0.362 e. The van der Waals surface area contributed by atoms with E-state index in [1.807, 2.05) is 0 Å². The monoisotopic (exact) mass is 381 g/mol. The van der Waals surface area contributed by atoms with Crippen molar-refractivity contribution in [2.45, 2.75) is 31.4 Å². The fourth-order valence-corrected chi connectivity index (χ4v) is 2.70. The number of halogens is 5. The van der Waals surface area contributed by atoms with Gasteiger partial charge in [-0.05, 0) is 25.9 Å². The topological polar surface area (TPSA) is 61.4 Å². The van der Waals surface area contributed by atoms with Gasteiger partial charge in [-0.3, -0.25) is 9.69 Å². The summed E-state index contributed by atoms with van der Waals surface area (Å²) < 4.78 is 61.7. The van der Waals surface area contributed by atoms with Crippen molar-refractivity contribution in [2.75, 3.05) is 43.4 Å². The minimum atomic E-state index is -4.02. The molecular weight excluding hydrogens is 361 g/mol. The van der Waals surface area contributed by atoms with Gasteiger partial charge >= 0.3 is 12.1 Å². The SMILES string of the molecule is CN1C(=O)C(F)(F)CNc2ncncc21.FC(F)(F)CN1CCCCC1. The predicted octanol–water partition coefficient (Wildman–Crippen LogP) is 2.53. The second-order valence-electron chi connectivity index (χ2n) is 6.13. The predicted molar refractivity (Wildman–Crippen MR) is 85.2 cm³/mol. The Bertz CT molecular complexity index is 619. The van der Waals surface area contributed by atoms with E-state index in [4.69, 9.17) is 0 Å². The third-order valence-electron chi connectivity index (χ3n) is 4.00. The molecule has 6 nitrogen and oxygen atoms in total. The maximum absolute atomic E-state index is 13.2. The van der Waals surface area contributed by atoms with Gasteiger partial charge in [-0.15, -0.1) is 0 Å². The first-order chi connectivity index (χ1) is 12.1. The summed E-state index contributed by atoms with van der Waals surface area (Å²) in [4.78, 5) is 21.1. The first-order valence-electron chi connectivity index (χ1n) is 8.09. The summed E-state index contributed by atoms with van der Waals surface area (Å²) in [5.41, 5.74) is 0.250. The molecular formula is C15H20F5N5O. The zero-order valence-corrected chi connectivity index (χ0v) is 14.2. The van der Waals surface area contributed by atoms with Gasteiger partial charge in [0, 0.05) is 7.05 Å². The van der Waals surface area contributed by atoms with Gasteiger partial charge in [-0.2, -0.15) is 22.0 Å². The number of nitrogens with one attached hydrogen (secondary N) is 1. The quantitative estimate of drug-likeness (QED) is 0.758. The first kappa shape index (κ1) is 20.3. The second-order valence-corrected chi connectivity index (χ2v) is 6.13. The number of fused-ring (bicyclic) bond motifs is 1. The minimum absolute atomic E-state index is 0.234. The fourth-order valence-electron chi connectivity index (χ4n) is 2.70. The molecule has 0 atom stereocenters. The molecule has 26 heavy (non-hydrogen) atoms. The van der Waals surface area contributed by atoms with E-state index in [1.54, 1.807) is 0 Å². The molecule has 1 aromatic rings. The molecule has 1 amide bonds. The highest BCUT2D eigenvalue weighted by atomic mass is 19.4. The molecule has 0 bridgehead atoms. The van der Waals surface area contributed by atoms with E-state index < -0.39 is 31.1 Å². The number of carbonyl (C=O) groups excluding carboxylic acids is 1. The Morgan fingerprint density at radius 3 is 2.50 bits per heavy atom. The maximum atomic E-state index is 13.2. The number of hydrogen-bond donors (Lipinski definition) is 1. The molecule has 11 heteroatoms. The summed E-state index contributed by atoms with van der Waals surface area (Å²) in [6, 6.07) is 0. The summed E-state index contributed by atoms with van der Waals surface area (Å²) in [7, 11) is 1.27. The van der Waals surface area contributed by atoms with E-state index >= 15 is 0 Å². The summed E-state index contributed by atoms with van der Waals surface area (Å²) in [6.45, 7) is -0.258. The number of alkyl halides is 5. The summed E-state index contributed by atoms with van der Waals surface area (Å²) >= 11 is 0. The van der Waals surface area contributed by atoms with Crippen LogP contribution in [0.3, 0.4) is 0 Å². The highest BCUT2D eigenvalue weighted by Crippen LogP contribution is 2.29. The Kier molecular flexibility index (Phi) is 6.32. The molecule has 3 heterocycles. The fraction of sp³-hybridized carbons (Fsp3) is 0.667. The number of aromatic nitrogens is 2. The second kappa shape index (κ2) is 8.11. The number of rotatable bonds is 1. The molecule has 0 aliphatic carbocycles. The summed E-state index contributed by atoms with van der Waals surface area (Å²) in [5.74, 6) is -4.45. The van der Waals surface area contributed by atoms with Crippen molar-refractivity contribution in [1.82, 2.24) is 14.9 Å². The lowest BCUT2D eigenvalue weighted by molar-refractivity contribution is -0.147. The number of nitrogens with zero attached hydrogens (tertiary/aromatic N) is 4. The van der Waals surface area contributed by atoms with Gasteiger partial charge in [0.2, 0.25) is 0 Å². The number of hydrogen-bond acceptors (Lipinski definition) is 5. The van der Waals surface area contributed by atoms with Crippen molar-refractivity contribution in [1.29, 1.82) is 0 Å².